The summed E-state index contributed by atoms with van der Waals surface area (Å²) in [7, 11) is 1.72. The molecule has 2 fully saturated rings. The summed E-state index contributed by atoms with van der Waals surface area (Å²) in [6.07, 6.45) is 5.65. The van der Waals surface area contributed by atoms with Gasteiger partial charge in [0.05, 0.1) is 5.54 Å². The van der Waals surface area contributed by atoms with E-state index >= 15 is 0 Å². The van der Waals surface area contributed by atoms with E-state index < -0.39 is 0 Å². The summed E-state index contributed by atoms with van der Waals surface area (Å²) in [5, 5.41) is 7.65. The van der Waals surface area contributed by atoms with Crippen LogP contribution in [0.15, 0.2) is 4.52 Å². The minimum absolute atomic E-state index is 0.0119. The van der Waals surface area contributed by atoms with E-state index in [1.54, 1.807) is 7.11 Å². The van der Waals surface area contributed by atoms with Gasteiger partial charge in [-0.25, -0.2) is 0 Å². The van der Waals surface area contributed by atoms with Crippen molar-refractivity contribution in [1.29, 1.82) is 0 Å². The molecule has 5 heteroatoms. The van der Waals surface area contributed by atoms with Crippen LogP contribution in [0.3, 0.4) is 0 Å². The summed E-state index contributed by atoms with van der Waals surface area (Å²) >= 11 is 0. The number of methoxy groups -OCH3 is 1. The van der Waals surface area contributed by atoms with Gasteiger partial charge in [-0.1, -0.05) is 12.1 Å². The molecule has 2 aliphatic rings. The molecule has 1 aliphatic carbocycles. The molecule has 5 nitrogen and oxygen atoms in total. The third kappa shape index (κ3) is 1.95. The van der Waals surface area contributed by atoms with Crippen LogP contribution in [0.1, 0.15) is 56.8 Å². The van der Waals surface area contributed by atoms with Crippen LogP contribution < -0.4 is 5.32 Å². The first-order valence-electron chi connectivity index (χ1n) is 6.91. The first kappa shape index (κ1) is 12.1. The summed E-state index contributed by atoms with van der Waals surface area (Å²) in [6.45, 7) is 3.19. The third-order valence-electron chi connectivity index (χ3n) is 4.26. The molecule has 0 spiro atoms. The zero-order chi connectivity index (χ0) is 12.6. The molecule has 1 saturated heterocycles. The lowest BCUT2D eigenvalue weighted by molar-refractivity contribution is 0.0751. The monoisotopic (exact) mass is 251 g/mol. The molecule has 0 bridgehead atoms. The van der Waals surface area contributed by atoms with Crippen molar-refractivity contribution in [2.24, 2.45) is 5.92 Å². The lowest BCUT2D eigenvalue weighted by Gasteiger charge is -2.22. The molecule has 1 aliphatic heterocycles. The Hall–Kier alpha value is -0.940. The Morgan fingerprint density at radius 1 is 1.56 bits per heavy atom. The Balaban J connectivity index is 1.83. The topological polar surface area (TPSA) is 60.2 Å². The molecule has 1 saturated carbocycles. The number of hydrogen-bond acceptors (Lipinski definition) is 5. The maximum Gasteiger partial charge on any atom is 0.247 e. The van der Waals surface area contributed by atoms with Crippen molar-refractivity contribution in [3.63, 3.8) is 0 Å². The Bertz CT molecular complexity index is 408. The lowest BCUT2D eigenvalue weighted by atomic mass is 9.94. The number of ether oxygens (including phenoxy) is 1. The van der Waals surface area contributed by atoms with E-state index in [-0.39, 0.29) is 11.6 Å². The van der Waals surface area contributed by atoms with Gasteiger partial charge in [0.15, 0.2) is 0 Å². The van der Waals surface area contributed by atoms with E-state index in [4.69, 9.17) is 9.26 Å². The maximum atomic E-state index is 5.50. The smallest absolute Gasteiger partial charge is 0.247 e. The van der Waals surface area contributed by atoms with Crippen molar-refractivity contribution in [3.8, 4) is 0 Å². The molecule has 18 heavy (non-hydrogen) atoms. The number of nitrogens with one attached hydrogen (secondary N) is 1. The Labute approximate surface area is 107 Å². The summed E-state index contributed by atoms with van der Waals surface area (Å²) < 4.78 is 11.0. The standard InChI is InChI=1S/C13H21N3O2/c1-3-13(7-4-8-14-13)12-15-11(16-18-12)10(17-2)9-5-6-9/h9-10,14H,3-8H2,1-2H3. The fourth-order valence-electron chi connectivity index (χ4n) is 2.89. The van der Waals surface area contributed by atoms with Crippen LogP contribution in [0, 0.1) is 5.92 Å². The van der Waals surface area contributed by atoms with Crippen LogP contribution in [0.2, 0.25) is 0 Å². The second-order valence-corrected chi connectivity index (χ2v) is 5.42. The first-order valence-corrected chi connectivity index (χ1v) is 6.91. The predicted octanol–water partition coefficient (Wildman–Crippen LogP) is 2.16. The minimum atomic E-state index is -0.104. The fraction of sp³-hybridized carbons (Fsp3) is 0.846. The molecule has 1 N–H and O–H groups in total. The quantitative estimate of drug-likeness (QED) is 0.869. The van der Waals surface area contributed by atoms with E-state index in [0.717, 1.165) is 31.1 Å². The van der Waals surface area contributed by atoms with Crippen LogP contribution in [0.5, 0.6) is 0 Å². The Morgan fingerprint density at radius 2 is 2.39 bits per heavy atom. The number of nitrogens with zero attached hydrogens (tertiary/aromatic N) is 2. The highest BCUT2D eigenvalue weighted by Crippen LogP contribution is 2.42. The highest BCUT2D eigenvalue weighted by Gasteiger charge is 2.41. The third-order valence-corrected chi connectivity index (χ3v) is 4.26. The van der Waals surface area contributed by atoms with Gasteiger partial charge < -0.3 is 14.6 Å². The Morgan fingerprint density at radius 3 is 2.94 bits per heavy atom. The van der Waals surface area contributed by atoms with Crippen molar-refractivity contribution in [3.05, 3.63) is 11.7 Å². The number of aromatic nitrogens is 2. The van der Waals surface area contributed by atoms with Crippen molar-refractivity contribution in [2.75, 3.05) is 13.7 Å². The van der Waals surface area contributed by atoms with Crippen molar-refractivity contribution in [1.82, 2.24) is 15.5 Å². The molecule has 2 atom stereocenters. The van der Waals surface area contributed by atoms with Crippen LogP contribution in [-0.4, -0.2) is 23.8 Å². The molecule has 0 radical (unpaired) electrons. The summed E-state index contributed by atoms with van der Waals surface area (Å²) in [5.74, 6) is 2.03. The van der Waals surface area contributed by atoms with Crippen LogP contribution in [0.25, 0.3) is 0 Å². The van der Waals surface area contributed by atoms with Gasteiger partial charge in [-0.3, -0.25) is 0 Å². The van der Waals surface area contributed by atoms with Gasteiger partial charge in [0, 0.05) is 7.11 Å². The van der Waals surface area contributed by atoms with Crippen molar-refractivity contribution < 1.29 is 9.26 Å². The van der Waals surface area contributed by atoms with Crippen LogP contribution in [-0.2, 0) is 10.3 Å². The van der Waals surface area contributed by atoms with Gasteiger partial charge in [0.1, 0.15) is 6.10 Å². The largest absolute Gasteiger partial charge is 0.373 e. The van der Waals surface area contributed by atoms with E-state index in [1.807, 2.05) is 0 Å². The maximum absolute atomic E-state index is 5.50. The predicted molar refractivity (Wildman–Crippen MR) is 66.0 cm³/mol. The summed E-state index contributed by atoms with van der Waals surface area (Å²) in [4.78, 5) is 4.60. The highest BCUT2D eigenvalue weighted by molar-refractivity contribution is 5.08. The fourth-order valence-corrected chi connectivity index (χ4v) is 2.89. The van der Waals surface area contributed by atoms with Crippen LogP contribution >= 0.6 is 0 Å². The average Bonchev–Trinajstić information content (AvgIpc) is 2.94. The average molecular weight is 251 g/mol. The molecule has 0 aromatic carbocycles. The van der Waals surface area contributed by atoms with Crippen molar-refractivity contribution >= 4 is 0 Å². The summed E-state index contributed by atoms with van der Waals surface area (Å²) in [5.41, 5.74) is -0.104. The lowest BCUT2D eigenvalue weighted by Crippen LogP contribution is -2.36. The van der Waals surface area contributed by atoms with Gasteiger partial charge in [-0.05, 0) is 44.6 Å². The zero-order valence-corrected chi connectivity index (χ0v) is 11.1. The second-order valence-electron chi connectivity index (χ2n) is 5.42. The molecule has 100 valence electrons. The van der Waals surface area contributed by atoms with E-state index in [9.17, 15) is 0 Å². The molecule has 3 rings (SSSR count). The van der Waals surface area contributed by atoms with Crippen molar-refractivity contribution in [2.45, 2.75) is 50.7 Å². The van der Waals surface area contributed by atoms with Gasteiger partial charge >= 0.3 is 0 Å². The summed E-state index contributed by atoms with van der Waals surface area (Å²) in [6, 6.07) is 0. The van der Waals surface area contributed by atoms with E-state index in [2.05, 4.69) is 22.4 Å². The van der Waals surface area contributed by atoms with Crippen LogP contribution in [0.4, 0.5) is 0 Å². The zero-order valence-electron chi connectivity index (χ0n) is 11.1. The van der Waals surface area contributed by atoms with Gasteiger partial charge in [-0.15, -0.1) is 0 Å². The minimum Gasteiger partial charge on any atom is -0.373 e. The molecule has 2 unspecified atom stereocenters. The van der Waals surface area contributed by atoms with E-state index in [0.29, 0.717) is 5.92 Å². The number of hydrogen-bond donors (Lipinski definition) is 1. The molecule has 1 aromatic rings. The molecule has 2 heterocycles. The molecular formula is C13H21N3O2. The highest BCUT2D eigenvalue weighted by atomic mass is 16.5. The van der Waals surface area contributed by atoms with Gasteiger partial charge in [-0.2, -0.15) is 4.98 Å². The van der Waals surface area contributed by atoms with Gasteiger partial charge in [0.25, 0.3) is 0 Å². The molecular weight excluding hydrogens is 230 g/mol. The normalized spacial score (nSPS) is 29.7. The van der Waals surface area contributed by atoms with Gasteiger partial charge in [0.2, 0.25) is 11.7 Å². The first-order chi connectivity index (χ1) is 8.79. The Kier molecular flexibility index (Phi) is 3.11. The SMILES string of the molecule is CCC1(c2nc(C(OC)C3CC3)no2)CCCN1. The molecule has 1 aromatic heterocycles. The number of rotatable bonds is 5. The van der Waals surface area contributed by atoms with E-state index in [1.165, 1.54) is 19.3 Å². The molecule has 0 amide bonds. The second kappa shape index (κ2) is 4.63.